The van der Waals surface area contributed by atoms with Crippen LogP contribution in [0.4, 0.5) is 0 Å². The molecule has 104 valence electrons. The molecule has 0 saturated heterocycles. The molecule has 0 unspecified atom stereocenters. The Morgan fingerprint density at radius 3 is 2.75 bits per heavy atom. The van der Waals surface area contributed by atoms with E-state index in [1.165, 1.54) is 18.3 Å². The van der Waals surface area contributed by atoms with Gasteiger partial charge in [-0.3, -0.25) is 4.98 Å². The maximum absolute atomic E-state index is 11.5. The lowest BCUT2D eigenvalue weighted by Crippen LogP contribution is -2.10. The van der Waals surface area contributed by atoms with E-state index in [4.69, 9.17) is 22.7 Å². The minimum absolute atomic E-state index is 0.177. The number of rotatable bonds is 4. The van der Waals surface area contributed by atoms with Gasteiger partial charge in [-0.05, 0) is 24.3 Å². The molecule has 0 aliphatic carbocycles. The van der Waals surface area contributed by atoms with Gasteiger partial charge in [0.2, 0.25) is 0 Å². The molecule has 0 radical (unpaired) electrons. The quantitative estimate of drug-likeness (QED) is 0.869. The second-order valence-electron chi connectivity index (χ2n) is 4.09. The van der Waals surface area contributed by atoms with Gasteiger partial charge in [0.05, 0.1) is 16.7 Å². The number of aromatic nitrogens is 1. The van der Waals surface area contributed by atoms with Crippen LogP contribution in [0.1, 0.15) is 5.56 Å². The Morgan fingerprint density at radius 2 is 2.10 bits per heavy atom. The smallest absolute Gasteiger partial charge is 0.175 e. The summed E-state index contributed by atoms with van der Waals surface area (Å²) >= 11 is 4.92. The molecule has 2 N–H and O–H groups in total. The summed E-state index contributed by atoms with van der Waals surface area (Å²) in [5.41, 5.74) is 6.14. The van der Waals surface area contributed by atoms with Crippen LogP contribution < -0.4 is 10.5 Å². The van der Waals surface area contributed by atoms with Crippen molar-refractivity contribution in [1.82, 2.24) is 4.98 Å². The molecule has 2 rings (SSSR count). The Labute approximate surface area is 122 Å². The number of nitrogens with zero attached hydrogens (tertiary/aromatic N) is 1. The van der Waals surface area contributed by atoms with E-state index in [1.807, 2.05) is 0 Å². The van der Waals surface area contributed by atoms with E-state index in [9.17, 15) is 8.42 Å². The van der Waals surface area contributed by atoms with Crippen molar-refractivity contribution in [2.75, 3.05) is 6.26 Å². The van der Waals surface area contributed by atoms with Crippen LogP contribution >= 0.6 is 12.2 Å². The molecule has 0 aliphatic heterocycles. The minimum atomic E-state index is -3.29. The highest BCUT2D eigenvalue weighted by molar-refractivity contribution is 7.90. The van der Waals surface area contributed by atoms with Crippen molar-refractivity contribution in [3.63, 3.8) is 0 Å². The SMILES string of the molecule is CS(=O)(=O)c1cccc(Oc2cnccc2C(N)=S)c1. The molecule has 1 heterocycles. The standard InChI is InChI=1S/C13H12N2O3S2/c1-20(16,17)10-4-2-3-9(7-10)18-12-8-15-6-5-11(12)13(14)19/h2-8H,1H3,(H2,14,19). The normalized spacial score (nSPS) is 11.1. The van der Waals surface area contributed by atoms with Crippen molar-refractivity contribution in [2.45, 2.75) is 4.90 Å². The first kappa shape index (κ1) is 14.4. The molecule has 0 fully saturated rings. The van der Waals surface area contributed by atoms with Gasteiger partial charge in [-0.1, -0.05) is 18.3 Å². The van der Waals surface area contributed by atoms with Crippen LogP contribution in [0.3, 0.4) is 0 Å². The molecule has 20 heavy (non-hydrogen) atoms. The number of thiocarbonyl (C=S) groups is 1. The molecule has 0 saturated carbocycles. The maximum atomic E-state index is 11.5. The zero-order chi connectivity index (χ0) is 14.8. The predicted molar refractivity (Wildman–Crippen MR) is 79.8 cm³/mol. The summed E-state index contributed by atoms with van der Waals surface area (Å²) in [5, 5.41) is 0. The molecule has 0 bridgehead atoms. The molecule has 0 amide bonds. The highest BCUT2D eigenvalue weighted by atomic mass is 32.2. The Hall–Kier alpha value is -1.99. The first-order valence-corrected chi connectivity index (χ1v) is 7.89. The third-order valence-electron chi connectivity index (χ3n) is 2.51. The highest BCUT2D eigenvalue weighted by Gasteiger charge is 2.11. The summed E-state index contributed by atoms with van der Waals surface area (Å²) < 4.78 is 28.6. The van der Waals surface area contributed by atoms with Crippen molar-refractivity contribution in [1.29, 1.82) is 0 Å². The van der Waals surface area contributed by atoms with E-state index in [0.29, 0.717) is 17.1 Å². The molecule has 0 aliphatic rings. The zero-order valence-electron chi connectivity index (χ0n) is 10.6. The van der Waals surface area contributed by atoms with E-state index in [1.54, 1.807) is 24.4 Å². The maximum Gasteiger partial charge on any atom is 0.175 e. The minimum Gasteiger partial charge on any atom is -0.455 e. The number of hydrogen-bond donors (Lipinski definition) is 1. The van der Waals surface area contributed by atoms with Crippen molar-refractivity contribution >= 4 is 27.0 Å². The van der Waals surface area contributed by atoms with Crippen molar-refractivity contribution in [3.05, 3.63) is 48.3 Å². The number of sulfone groups is 1. The predicted octanol–water partition coefficient (Wildman–Crippen LogP) is 1.91. The van der Waals surface area contributed by atoms with E-state index >= 15 is 0 Å². The lowest BCUT2D eigenvalue weighted by atomic mass is 10.2. The molecule has 0 spiro atoms. The first-order chi connectivity index (χ1) is 9.38. The average molecular weight is 308 g/mol. The summed E-state index contributed by atoms with van der Waals surface area (Å²) in [6.45, 7) is 0. The molecule has 2 aromatic rings. The molecular weight excluding hydrogens is 296 g/mol. The monoisotopic (exact) mass is 308 g/mol. The third-order valence-corrected chi connectivity index (χ3v) is 3.84. The number of benzene rings is 1. The van der Waals surface area contributed by atoms with Gasteiger partial charge >= 0.3 is 0 Å². The van der Waals surface area contributed by atoms with Gasteiger partial charge in [0, 0.05) is 12.5 Å². The topological polar surface area (TPSA) is 82.3 Å². The summed E-state index contributed by atoms with van der Waals surface area (Å²) in [6.07, 6.45) is 4.16. The van der Waals surface area contributed by atoms with Crippen molar-refractivity contribution in [3.8, 4) is 11.5 Å². The van der Waals surface area contributed by atoms with Crippen molar-refractivity contribution in [2.24, 2.45) is 5.73 Å². The van der Waals surface area contributed by atoms with E-state index < -0.39 is 9.84 Å². The Balaban J connectivity index is 2.39. The lowest BCUT2D eigenvalue weighted by molar-refractivity contribution is 0.477. The van der Waals surface area contributed by atoms with E-state index in [-0.39, 0.29) is 9.88 Å². The fourth-order valence-corrected chi connectivity index (χ4v) is 2.38. The van der Waals surface area contributed by atoms with Gasteiger partial charge in [-0.25, -0.2) is 8.42 Å². The van der Waals surface area contributed by atoms with Crippen molar-refractivity contribution < 1.29 is 13.2 Å². The molecule has 5 nitrogen and oxygen atoms in total. The highest BCUT2D eigenvalue weighted by Crippen LogP contribution is 2.26. The van der Waals surface area contributed by atoms with Crippen LogP contribution in [0.15, 0.2) is 47.6 Å². The van der Waals surface area contributed by atoms with Gasteiger partial charge in [-0.2, -0.15) is 0 Å². The first-order valence-electron chi connectivity index (χ1n) is 5.60. The number of ether oxygens (including phenoxy) is 1. The number of hydrogen-bond acceptors (Lipinski definition) is 5. The summed E-state index contributed by atoms with van der Waals surface area (Å²) in [5.74, 6) is 0.754. The van der Waals surface area contributed by atoms with Crippen LogP contribution in [0.25, 0.3) is 0 Å². The summed E-state index contributed by atoms with van der Waals surface area (Å²) in [7, 11) is -3.29. The largest absolute Gasteiger partial charge is 0.455 e. The van der Waals surface area contributed by atoms with Gasteiger partial charge in [0.1, 0.15) is 10.7 Å². The average Bonchev–Trinajstić information content (AvgIpc) is 2.38. The van der Waals surface area contributed by atoms with Crippen LogP contribution in [-0.2, 0) is 9.84 Å². The Morgan fingerprint density at radius 1 is 1.35 bits per heavy atom. The van der Waals surface area contributed by atoms with Gasteiger partial charge in [0.15, 0.2) is 15.6 Å². The zero-order valence-corrected chi connectivity index (χ0v) is 12.2. The summed E-state index contributed by atoms with van der Waals surface area (Å²) in [4.78, 5) is 4.30. The second-order valence-corrected chi connectivity index (χ2v) is 6.54. The van der Waals surface area contributed by atoms with Crippen LogP contribution in [0.2, 0.25) is 0 Å². The Bertz CT molecular complexity index is 758. The fraction of sp³-hybridized carbons (Fsp3) is 0.0769. The number of nitrogens with two attached hydrogens (primary N) is 1. The number of pyridine rings is 1. The van der Waals surface area contributed by atoms with Gasteiger partial charge in [-0.15, -0.1) is 0 Å². The van der Waals surface area contributed by atoms with Gasteiger partial charge < -0.3 is 10.5 Å². The van der Waals surface area contributed by atoms with E-state index in [2.05, 4.69) is 4.98 Å². The fourth-order valence-electron chi connectivity index (χ4n) is 1.56. The molecule has 0 atom stereocenters. The second kappa shape index (κ2) is 5.56. The summed E-state index contributed by atoms with van der Waals surface area (Å²) in [6, 6.07) is 7.82. The molecular formula is C13H12N2O3S2. The van der Waals surface area contributed by atoms with Crippen LogP contribution in [0.5, 0.6) is 11.5 Å². The molecule has 1 aromatic heterocycles. The molecule has 7 heteroatoms. The third kappa shape index (κ3) is 3.31. The van der Waals surface area contributed by atoms with Crippen LogP contribution in [0, 0.1) is 0 Å². The lowest BCUT2D eigenvalue weighted by Gasteiger charge is -2.10. The van der Waals surface area contributed by atoms with Gasteiger partial charge in [0.25, 0.3) is 0 Å². The Kier molecular flexibility index (Phi) is 4.01. The molecule has 1 aromatic carbocycles. The van der Waals surface area contributed by atoms with E-state index in [0.717, 1.165) is 6.26 Å². The van der Waals surface area contributed by atoms with Crippen LogP contribution in [-0.4, -0.2) is 24.6 Å².